The molecule has 0 aromatic heterocycles. The lowest BCUT2D eigenvalue weighted by atomic mass is 10.0. The molecule has 0 aliphatic heterocycles. The second kappa shape index (κ2) is 4.84. The number of rotatable bonds is 3. The van der Waals surface area contributed by atoms with Gasteiger partial charge in [-0.15, -0.1) is 0 Å². The summed E-state index contributed by atoms with van der Waals surface area (Å²) in [5.41, 5.74) is 7.62. The van der Waals surface area contributed by atoms with Gasteiger partial charge in [0.25, 0.3) is 0 Å². The van der Waals surface area contributed by atoms with Crippen molar-refractivity contribution in [2.45, 2.75) is 13.3 Å². The van der Waals surface area contributed by atoms with Gasteiger partial charge in [-0.05, 0) is 29.7 Å². The number of aliphatic carboxylic acids is 1. The fourth-order valence-electron chi connectivity index (χ4n) is 1.28. The van der Waals surface area contributed by atoms with Gasteiger partial charge >= 0.3 is 5.97 Å². The summed E-state index contributed by atoms with van der Waals surface area (Å²) in [5.74, 6) is -0.958. The zero-order valence-electron chi connectivity index (χ0n) is 8.33. The van der Waals surface area contributed by atoms with Crippen LogP contribution in [0.25, 0.3) is 5.57 Å². The molecule has 1 aromatic rings. The van der Waals surface area contributed by atoms with E-state index in [1.807, 2.05) is 6.92 Å². The minimum Gasteiger partial charge on any atom is -0.478 e. The molecule has 4 heteroatoms. The Balaban J connectivity index is 3.14. The highest BCUT2D eigenvalue weighted by Crippen LogP contribution is 2.25. The van der Waals surface area contributed by atoms with Gasteiger partial charge in [0.15, 0.2) is 0 Å². The maximum Gasteiger partial charge on any atom is 0.328 e. The topological polar surface area (TPSA) is 63.3 Å². The quantitative estimate of drug-likeness (QED) is 0.614. The highest BCUT2D eigenvalue weighted by Gasteiger charge is 2.04. The smallest absolute Gasteiger partial charge is 0.328 e. The van der Waals surface area contributed by atoms with Crippen LogP contribution in [0.3, 0.4) is 0 Å². The van der Waals surface area contributed by atoms with E-state index in [0.717, 1.165) is 11.1 Å². The summed E-state index contributed by atoms with van der Waals surface area (Å²) in [4.78, 5) is 10.6. The molecule has 0 saturated heterocycles. The molecule has 15 heavy (non-hydrogen) atoms. The lowest BCUT2D eigenvalue weighted by Crippen LogP contribution is -1.94. The molecule has 1 aromatic carbocycles. The van der Waals surface area contributed by atoms with Gasteiger partial charge in [-0.25, -0.2) is 4.79 Å². The Morgan fingerprint density at radius 1 is 1.60 bits per heavy atom. The van der Waals surface area contributed by atoms with Gasteiger partial charge in [0.2, 0.25) is 0 Å². The molecule has 0 fully saturated rings. The molecule has 3 N–H and O–H groups in total. The molecule has 0 aliphatic rings. The van der Waals surface area contributed by atoms with E-state index in [-0.39, 0.29) is 0 Å². The average Bonchev–Trinajstić information content (AvgIpc) is 2.18. The van der Waals surface area contributed by atoms with Crippen molar-refractivity contribution in [3.63, 3.8) is 0 Å². The molecule has 3 nitrogen and oxygen atoms in total. The van der Waals surface area contributed by atoms with E-state index < -0.39 is 5.97 Å². The molecule has 0 atom stereocenters. The van der Waals surface area contributed by atoms with E-state index in [0.29, 0.717) is 17.1 Å². The van der Waals surface area contributed by atoms with E-state index >= 15 is 0 Å². The van der Waals surface area contributed by atoms with Crippen LogP contribution in [-0.2, 0) is 4.79 Å². The largest absolute Gasteiger partial charge is 0.478 e. The Hall–Kier alpha value is -1.48. The number of halogens is 1. The summed E-state index contributed by atoms with van der Waals surface area (Å²) in [6.45, 7) is 1.89. The van der Waals surface area contributed by atoms with E-state index in [2.05, 4.69) is 0 Å². The lowest BCUT2D eigenvalue weighted by Gasteiger charge is -2.06. The Bertz CT molecular complexity index is 413. The van der Waals surface area contributed by atoms with Gasteiger partial charge in [-0.1, -0.05) is 24.6 Å². The molecular formula is C11H12ClNO2. The Labute approximate surface area is 93.2 Å². The normalized spacial score (nSPS) is 11.5. The average molecular weight is 226 g/mol. The number of carboxylic acid groups (broad SMARTS) is 1. The van der Waals surface area contributed by atoms with Gasteiger partial charge in [0.05, 0.1) is 10.7 Å². The van der Waals surface area contributed by atoms with Gasteiger partial charge in [0, 0.05) is 6.08 Å². The summed E-state index contributed by atoms with van der Waals surface area (Å²) in [7, 11) is 0. The molecule has 0 spiro atoms. The van der Waals surface area contributed by atoms with Crippen molar-refractivity contribution in [1.82, 2.24) is 0 Å². The van der Waals surface area contributed by atoms with Crippen molar-refractivity contribution in [2.75, 3.05) is 5.73 Å². The summed E-state index contributed by atoms with van der Waals surface area (Å²) in [5, 5.41) is 9.14. The highest BCUT2D eigenvalue weighted by atomic mass is 35.5. The molecule has 80 valence electrons. The molecule has 0 amide bonds. The number of nitrogens with two attached hydrogens (primary N) is 1. The van der Waals surface area contributed by atoms with Gasteiger partial charge in [-0.2, -0.15) is 0 Å². The summed E-state index contributed by atoms with van der Waals surface area (Å²) >= 11 is 5.77. The number of anilines is 1. The molecule has 0 radical (unpaired) electrons. The van der Waals surface area contributed by atoms with Crippen molar-refractivity contribution in [1.29, 1.82) is 0 Å². The monoisotopic (exact) mass is 225 g/mol. The van der Waals surface area contributed by atoms with Gasteiger partial charge < -0.3 is 10.8 Å². The van der Waals surface area contributed by atoms with E-state index in [9.17, 15) is 4.79 Å². The SMILES string of the molecule is CC/C(=C\C(=O)O)c1ccc(Cl)c(N)c1. The van der Waals surface area contributed by atoms with Crippen LogP contribution < -0.4 is 5.73 Å². The predicted octanol–water partition coefficient (Wildman–Crippen LogP) is 2.80. The number of carboxylic acids is 1. The summed E-state index contributed by atoms with van der Waals surface area (Å²) in [6.07, 6.45) is 1.82. The third-order valence-electron chi connectivity index (χ3n) is 2.05. The first-order valence-electron chi connectivity index (χ1n) is 4.53. The third-order valence-corrected chi connectivity index (χ3v) is 2.39. The first kappa shape index (κ1) is 11.6. The van der Waals surface area contributed by atoms with Crippen LogP contribution in [0.5, 0.6) is 0 Å². The Morgan fingerprint density at radius 2 is 2.27 bits per heavy atom. The van der Waals surface area contributed by atoms with Crippen molar-refractivity contribution >= 4 is 28.8 Å². The van der Waals surface area contributed by atoms with Crippen molar-refractivity contribution in [3.05, 3.63) is 34.9 Å². The number of carbonyl (C=O) groups is 1. The Morgan fingerprint density at radius 3 is 2.73 bits per heavy atom. The molecule has 0 unspecified atom stereocenters. The molecular weight excluding hydrogens is 214 g/mol. The molecule has 1 rings (SSSR count). The fourth-order valence-corrected chi connectivity index (χ4v) is 1.40. The van der Waals surface area contributed by atoms with E-state index in [1.165, 1.54) is 6.08 Å². The second-order valence-electron chi connectivity index (χ2n) is 3.10. The number of allylic oxidation sites excluding steroid dienone is 1. The first-order valence-corrected chi connectivity index (χ1v) is 4.91. The lowest BCUT2D eigenvalue weighted by molar-refractivity contribution is -0.131. The number of nitrogen functional groups attached to an aromatic ring is 1. The number of benzene rings is 1. The third kappa shape index (κ3) is 2.99. The van der Waals surface area contributed by atoms with E-state index in [4.69, 9.17) is 22.4 Å². The summed E-state index contributed by atoms with van der Waals surface area (Å²) < 4.78 is 0. The highest BCUT2D eigenvalue weighted by molar-refractivity contribution is 6.33. The molecule has 0 aliphatic carbocycles. The maximum atomic E-state index is 10.6. The second-order valence-corrected chi connectivity index (χ2v) is 3.50. The van der Waals surface area contributed by atoms with Crippen LogP contribution in [0, 0.1) is 0 Å². The predicted molar refractivity (Wildman–Crippen MR) is 61.8 cm³/mol. The van der Waals surface area contributed by atoms with Crippen LogP contribution in [-0.4, -0.2) is 11.1 Å². The number of hydrogen-bond acceptors (Lipinski definition) is 2. The van der Waals surface area contributed by atoms with Crippen molar-refractivity contribution in [3.8, 4) is 0 Å². The van der Waals surface area contributed by atoms with Crippen molar-refractivity contribution in [2.24, 2.45) is 0 Å². The van der Waals surface area contributed by atoms with E-state index in [1.54, 1.807) is 18.2 Å². The van der Waals surface area contributed by atoms with Crippen LogP contribution in [0.1, 0.15) is 18.9 Å². The maximum absolute atomic E-state index is 10.6. The standard InChI is InChI=1S/C11H12ClNO2/c1-2-7(6-11(14)15)8-3-4-9(12)10(13)5-8/h3-6H,2,13H2,1H3,(H,14,15)/b7-6+. The zero-order valence-corrected chi connectivity index (χ0v) is 9.08. The van der Waals surface area contributed by atoms with Crippen LogP contribution in [0.2, 0.25) is 5.02 Å². The van der Waals surface area contributed by atoms with Crippen LogP contribution in [0.15, 0.2) is 24.3 Å². The molecule has 0 bridgehead atoms. The van der Waals surface area contributed by atoms with Gasteiger partial charge in [-0.3, -0.25) is 0 Å². The first-order chi connectivity index (χ1) is 7.04. The van der Waals surface area contributed by atoms with Crippen molar-refractivity contribution < 1.29 is 9.90 Å². The minimum atomic E-state index is -0.958. The molecule has 0 heterocycles. The zero-order chi connectivity index (χ0) is 11.4. The number of hydrogen-bond donors (Lipinski definition) is 2. The van der Waals surface area contributed by atoms with Crippen LogP contribution >= 0.6 is 11.6 Å². The van der Waals surface area contributed by atoms with Crippen LogP contribution in [0.4, 0.5) is 5.69 Å². The molecule has 0 saturated carbocycles. The fraction of sp³-hybridized carbons (Fsp3) is 0.182. The Kier molecular flexibility index (Phi) is 3.74. The minimum absolute atomic E-state index is 0.457. The van der Waals surface area contributed by atoms with Gasteiger partial charge in [0.1, 0.15) is 0 Å². The summed E-state index contributed by atoms with van der Waals surface area (Å²) in [6, 6.07) is 5.11.